The zero-order chi connectivity index (χ0) is 15.0. The fourth-order valence-corrected chi connectivity index (χ4v) is 4.29. The summed E-state index contributed by atoms with van der Waals surface area (Å²) in [6.45, 7) is 5.08. The Bertz CT molecular complexity index is 546. The zero-order valence-corrected chi connectivity index (χ0v) is 13.2. The van der Waals surface area contributed by atoms with Crippen LogP contribution in [0.25, 0.3) is 0 Å². The molecule has 1 saturated heterocycles. The van der Waals surface area contributed by atoms with E-state index in [9.17, 15) is 0 Å². The van der Waals surface area contributed by atoms with Crippen LogP contribution < -0.4 is 10.6 Å². The molecule has 4 heteroatoms. The SMILES string of the molecule is Cc1cc(N2CCCC2C2CCCC2)c(C(=N)N)c(C)n1. The molecule has 2 aliphatic rings. The number of nitrogens with zero attached hydrogens (tertiary/aromatic N) is 2. The van der Waals surface area contributed by atoms with E-state index < -0.39 is 0 Å². The number of hydrogen-bond donors (Lipinski definition) is 2. The van der Waals surface area contributed by atoms with Gasteiger partial charge in [-0.3, -0.25) is 10.4 Å². The molecule has 1 aliphatic heterocycles. The predicted octanol–water partition coefficient (Wildman–Crippen LogP) is 3.14. The average molecular weight is 286 g/mol. The summed E-state index contributed by atoms with van der Waals surface area (Å²) in [6, 6.07) is 2.75. The summed E-state index contributed by atoms with van der Waals surface area (Å²) in [4.78, 5) is 7.02. The van der Waals surface area contributed by atoms with E-state index in [1.165, 1.54) is 38.5 Å². The maximum atomic E-state index is 7.94. The highest BCUT2D eigenvalue weighted by molar-refractivity contribution is 6.01. The van der Waals surface area contributed by atoms with Gasteiger partial charge in [0.15, 0.2) is 0 Å². The molecule has 21 heavy (non-hydrogen) atoms. The van der Waals surface area contributed by atoms with Crippen molar-refractivity contribution in [3.63, 3.8) is 0 Å². The highest BCUT2D eigenvalue weighted by atomic mass is 15.2. The van der Waals surface area contributed by atoms with Gasteiger partial charge in [-0.15, -0.1) is 0 Å². The van der Waals surface area contributed by atoms with Crippen LogP contribution in [0.4, 0.5) is 5.69 Å². The lowest BCUT2D eigenvalue weighted by Crippen LogP contribution is -2.36. The third-order valence-corrected chi connectivity index (χ3v) is 5.13. The van der Waals surface area contributed by atoms with Gasteiger partial charge in [0.25, 0.3) is 0 Å². The molecule has 3 rings (SSSR count). The Morgan fingerprint density at radius 2 is 1.95 bits per heavy atom. The van der Waals surface area contributed by atoms with E-state index in [2.05, 4.69) is 16.0 Å². The molecule has 0 aromatic carbocycles. The normalized spacial score (nSPS) is 23.0. The molecule has 0 radical (unpaired) electrons. The highest BCUT2D eigenvalue weighted by Gasteiger charge is 2.34. The molecule has 1 atom stereocenters. The van der Waals surface area contributed by atoms with Crippen LogP contribution in [0.5, 0.6) is 0 Å². The lowest BCUT2D eigenvalue weighted by atomic mass is 9.95. The summed E-state index contributed by atoms with van der Waals surface area (Å²) in [5.74, 6) is 0.966. The third-order valence-electron chi connectivity index (χ3n) is 5.13. The first kappa shape index (κ1) is 14.4. The largest absolute Gasteiger partial charge is 0.384 e. The van der Waals surface area contributed by atoms with E-state index >= 15 is 0 Å². The van der Waals surface area contributed by atoms with Gasteiger partial charge in [0.1, 0.15) is 5.84 Å². The van der Waals surface area contributed by atoms with Crippen LogP contribution in [0.3, 0.4) is 0 Å². The van der Waals surface area contributed by atoms with Gasteiger partial charge < -0.3 is 10.6 Å². The second-order valence-corrected chi connectivity index (χ2v) is 6.60. The number of anilines is 1. The van der Waals surface area contributed by atoms with Crippen LogP contribution in [-0.4, -0.2) is 23.4 Å². The Hall–Kier alpha value is -1.58. The highest BCUT2D eigenvalue weighted by Crippen LogP contribution is 2.39. The number of nitrogens with one attached hydrogen (secondary N) is 1. The summed E-state index contributed by atoms with van der Waals surface area (Å²) in [7, 11) is 0. The third kappa shape index (κ3) is 2.63. The first-order valence-corrected chi connectivity index (χ1v) is 8.17. The Kier molecular flexibility index (Phi) is 3.87. The summed E-state index contributed by atoms with van der Waals surface area (Å²) >= 11 is 0. The van der Waals surface area contributed by atoms with Crippen molar-refractivity contribution in [3.8, 4) is 0 Å². The fourth-order valence-electron chi connectivity index (χ4n) is 4.29. The van der Waals surface area contributed by atoms with Crippen LogP contribution in [0.1, 0.15) is 55.5 Å². The van der Waals surface area contributed by atoms with Crippen molar-refractivity contribution in [1.82, 2.24) is 4.98 Å². The van der Waals surface area contributed by atoms with Crippen LogP contribution >= 0.6 is 0 Å². The Labute approximate surface area is 127 Å². The number of rotatable bonds is 3. The van der Waals surface area contributed by atoms with Crippen molar-refractivity contribution in [1.29, 1.82) is 5.41 Å². The minimum Gasteiger partial charge on any atom is -0.384 e. The van der Waals surface area contributed by atoms with Crippen molar-refractivity contribution in [3.05, 3.63) is 23.0 Å². The maximum Gasteiger partial charge on any atom is 0.126 e. The van der Waals surface area contributed by atoms with Crippen LogP contribution in [0, 0.1) is 25.2 Å². The Morgan fingerprint density at radius 1 is 1.24 bits per heavy atom. The van der Waals surface area contributed by atoms with Crippen molar-refractivity contribution in [2.75, 3.05) is 11.4 Å². The molecule has 1 aromatic heterocycles. The molecule has 3 N–H and O–H groups in total. The van der Waals surface area contributed by atoms with Crippen LogP contribution in [-0.2, 0) is 0 Å². The topological polar surface area (TPSA) is 66.0 Å². The van der Waals surface area contributed by atoms with Gasteiger partial charge in [0.05, 0.1) is 16.9 Å². The molecule has 114 valence electrons. The quantitative estimate of drug-likeness (QED) is 0.662. The lowest BCUT2D eigenvalue weighted by Gasteiger charge is -2.33. The van der Waals surface area contributed by atoms with Gasteiger partial charge in [-0.25, -0.2) is 0 Å². The molecule has 0 amide bonds. The minimum absolute atomic E-state index is 0.145. The van der Waals surface area contributed by atoms with Crippen LogP contribution in [0.15, 0.2) is 6.07 Å². The van der Waals surface area contributed by atoms with E-state index in [1.54, 1.807) is 0 Å². The van der Waals surface area contributed by atoms with Crippen molar-refractivity contribution >= 4 is 11.5 Å². The molecule has 0 spiro atoms. The first-order chi connectivity index (χ1) is 10.1. The molecule has 4 nitrogen and oxygen atoms in total. The number of pyridine rings is 1. The maximum absolute atomic E-state index is 7.94. The van der Waals surface area contributed by atoms with Gasteiger partial charge in [-0.1, -0.05) is 12.8 Å². The molecular formula is C17H26N4. The molecule has 1 unspecified atom stereocenters. The summed E-state index contributed by atoms with van der Waals surface area (Å²) in [6.07, 6.45) is 8.01. The second-order valence-electron chi connectivity index (χ2n) is 6.60. The van der Waals surface area contributed by atoms with E-state index in [4.69, 9.17) is 11.1 Å². The van der Waals surface area contributed by atoms with Gasteiger partial charge in [-0.05, 0) is 51.5 Å². The average Bonchev–Trinajstić information content (AvgIpc) is 3.08. The molecule has 1 aliphatic carbocycles. The smallest absolute Gasteiger partial charge is 0.126 e. The fraction of sp³-hybridized carbons (Fsp3) is 0.647. The van der Waals surface area contributed by atoms with Gasteiger partial charge in [0, 0.05) is 18.3 Å². The molecule has 2 fully saturated rings. The van der Waals surface area contributed by atoms with Crippen molar-refractivity contribution in [2.24, 2.45) is 11.7 Å². The standard InChI is InChI=1S/C17H26N4/c1-11-10-15(16(17(18)19)12(2)20-11)21-9-5-8-14(21)13-6-3-4-7-13/h10,13-14H,3-9H2,1-2H3,(H3,18,19). The van der Waals surface area contributed by atoms with Crippen LogP contribution in [0.2, 0.25) is 0 Å². The monoisotopic (exact) mass is 286 g/mol. The Balaban J connectivity index is 2.00. The van der Waals surface area contributed by atoms with E-state index in [1.807, 2.05) is 13.8 Å². The minimum atomic E-state index is 0.145. The summed E-state index contributed by atoms with van der Waals surface area (Å²) in [5.41, 5.74) is 9.73. The van der Waals surface area contributed by atoms with Crippen molar-refractivity contribution < 1.29 is 0 Å². The first-order valence-electron chi connectivity index (χ1n) is 8.17. The number of aryl methyl sites for hydroxylation is 2. The van der Waals surface area contributed by atoms with E-state index in [0.717, 1.165) is 35.1 Å². The predicted molar refractivity (Wildman–Crippen MR) is 87.1 cm³/mol. The number of hydrogen-bond acceptors (Lipinski definition) is 3. The van der Waals surface area contributed by atoms with E-state index in [0.29, 0.717) is 6.04 Å². The summed E-state index contributed by atoms with van der Waals surface area (Å²) < 4.78 is 0. The molecular weight excluding hydrogens is 260 g/mol. The molecule has 0 bridgehead atoms. The molecule has 2 heterocycles. The lowest BCUT2D eigenvalue weighted by molar-refractivity contribution is 0.430. The van der Waals surface area contributed by atoms with Gasteiger partial charge in [0.2, 0.25) is 0 Å². The molecule has 1 saturated carbocycles. The Morgan fingerprint density at radius 3 is 2.62 bits per heavy atom. The number of aromatic nitrogens is 1. The van der Waals surface area contributed by atoms with E-state index in [-0.39, 0.29) is 5.84 Å². The zero-order valence-electron chi connectivity index (χ0n) is 13.2. The number of amidine groups is 1. The van der Waals surface area contributed by atoms with Gasteiger partial charge in [-0.2, -0.15) is 0 Å². The second kappa shape index (κ2) is 5.66. The van der Waals surface area contributed by atoms with Crippen molar-refractivity contribution in [2.45, 2.75) is 58.4 Å². The number of nitrogen functional groups attached to an aromatic ring is 1. The molecule has 1 aromatic rings. The number of nitrogens with two attached hydrogens (primary N) is 1. The van der Waals surface area contributed by atoms with Gasteiger partial charge >= 0.3 is 0 Å². The summed E-state index contributed by atoms with van der Waals surface area (Å²) in [5, 5.41) is 7.94.